The number of nitrogens with zero attached hydrogens (tertiary/aromatic N) is 2. The molecule has 1 aliphatic carbocycles. The normalized spacial score (nSPS) is 17.0. The molecule has 4 nitrogen and oxygen atoms in total. The Hall–Kier alpha value is -2.31. The molecule has 140 valence electrons. The number of aromatic nitrogens is 2. The molecule has 1 aliphatic rings. The Balaban J connectivity index is 1.80. The predicted molar refractivity (Wildman–Crippen MR) is 92.1 cm³/mol. The van der Waals surface area contributed by atoms with Gasteiger partial charge in [0, 0.05) is 17.7 Å². The third-order valence-electron chi connectivity index (χ3n) is 4.96. The van der Waals surface area contributed by atoms with Crippen LogP contribution in [0.3, 0.4) is 0 Å². The molecule has 7 heteroatoms. The standard InChI is InChI=1S/C19H22F3N3O/c1-12-5-3-7-16(13(12)2)25-17-8-4-6-15(14(17)11-23-25)24-18(26)9-10-19(20,21)22/h3,5,7,11,15H,4,6,8-10H2,1-2H3,(H,24,26)/t15-/m0/s1. The fourth-order valence-corrected chi connectivity index (χ4v) is 3.40. The van der Waals surface area contributed by atoms with Crippen molar-refractivity contribution in [1.29, 1.82) is 0 Å². The first-order valence-corrected chi connectivity index (χ1v) is 8.76. The molecule has 0 saturated carbocycles. The summed E-state index contributed by atoms with van der Waals surface area (Å²) in [6.45, 7) is 4.08. The lowest BCUT2D eigenvalue weighted by Crippen LogP contribution is -2.31. The van der Waals surface area contributed by atoms with Gasteiger partial charge in [-0.05, 0) is 50.3 Å². The lowest BCUT2D eigenvalue weighted by atomic mass is 9.92. The SMILES string of the molecule is Cc1cccc(-n2ncc3c2CCC[C@@H]3NC(=O)CCC(F)(F)F)c1C. The van der Waals surface area contributed by atoms with Gasteiger partial charge in [0.05, 0.1) is 24.3 Å². The second-order valence-corrected chi connectivity index (χ2v) is 6.80. The Morgan fingerprint density at radius 2 is 2.12 bits per heavy atom. The van der Waals surface area contributed by atoms with E-state index in [1.165, 1.54) is 5.56 Å². The minimum absolute atomic E-state index is 0.279. The number of alkyl halides is 3. The van der Waals surface area contributed by atoms with Gasteiger partial charge in [-0.3, -0.25) is 4.79 Å². The maximum absolute atomic E-state index is 12.3. The molecular formula is C19H22F3N3O. The van der Waals surface area contributed by atoms with Crippen molar-refractivity contribution in [3.05, 3.63) is 46.8 Å². The highest BCUT2D eigenvalue weighted by Gasteiger charge is 2.30. The Labute approximate surface area is 150 Å². The lowest BCUT2D eigenvalue weighted by Gasteiger charge is -2.24. The number of fused-ring (bicyclic) bond motifs is 1. The zero-order valence-electron chi connectivity index (χ0n) is 14.9. The van der Waals surface area contributed by atoms with E-state index in [1.807, 2.05) is 36.7 Å². The van der Waals surface area contributed by atoms with Gasteiger partial charge in [0.2, 0.25) is 5.91 Å². The molecule has 0 unspecified atom stereocenters. The van der Waals surface area contributed by atoms with Crippen LogP contribution in [0.15, 0.2) is 24.4 Å². The number of hydrogen-bond donors (Lipinski definition) is 1. The van der Waals surface area contributed by atoms with Gasteiger partial charge in [-0.1, -0.05) is 12.1 Å². The Morgan fingerprint density at radius 1 is 1.35 bits per heavy atom. The van der Waals surface area contributed by atoms with Gasteiger partial charge in [-0.15, -0.1) is 0 Å². The van der Waals surface area contributed by atoms with Gasteiger partial charge in [0.1, 0.15) is 0 Å². The van der Waals surface area contributed by atoms with E-state index in [0.29, 0.717) is 6.42 Å². The highest BCUT2D eigenvalue weighted by Crippen LogP contribution is 2.32. The number of hydrogen-bond acceptors (Lipinski definition) is 2. The van der Waals surface area contributed by atoms with Crippen molar-refractivity contribution < 1.29 is 18.0 Å². The maximum Gasteiger partial charge on any atom is 0.389 e. The summed E-state index contributed by atoms with van der Waals surface area (Å²) in [5.74, 6) is -0.570. The summed E-state index contributed by atoms with van der Waals surface area (Å²) < 4.78 is 38.8. The van der Waals surface area contributed by atoms with Gasteiger partial charge in [-0.2, -0.15) is 18.3 Å². The van der Waals surface area contributed by atoms with Crippen LogP contribution in [-0.2, 0) is 11.2 Å². The van der Waals surface area contributed by atoms with E-state index < -0.39 is 24.9 Å². The van der Waals surface area contributed by atoms with Crippen molar-refractivity contribution in [1.82, 2.24) is 15.1 Å². The number of carbonyl (C=O) groups excluding carboxylic acids is 1. The highest BCUT2D eigenvalue weighted by atomic mass is 19.4. The molecule has 0 spiro atoms. The highest BCUT2D eigenvalue weighted by molar-refractivity contribution is 5.76. The van der Waals surface area contributed by atoms with Crippen molar-refractivity contribution in [2.45, 2.75) is 58.2 Å². The second kappa shape index (κ2) is 7.13. The quantitative estimate of drug-likeness (QED) is 0.877. The van der Waals surface area contributed by atoms with Crippen LogP contribution in [0.5, 0.6) is 0 Å². The van der Waals surface area contributed by atoms with Gasteiger partial charge >= 0.3 is 6.18 Å². The molecule has 0 radical (unpaired) electrons. The van der Waals surface area contributed by atoms with Gasteiger partial charge in [0.15, 0.2) is 0 Å². The number of halogens is 3. The fraction of sp³-hybridized carbons (Fsp3) is 0.474. The summed E-state index contributed by atoms with van der Waals surface area (Å²) in [5.41, 5.74) is 5.22. The molecule has 1 aromatic heterocycles. The van der Waals surface area contributed by atoms with E-state index in [-0.39, 0.29) is 6.04 Å². The summed E-state index contributed by atoms with van der Waals surface area (Å²) in [7, 11) is 0. The molecule has 1 atom stereocenters. The van der Waals surface area contributed by atoms with E-state index in [1.54, 1.807) is 6.20 Å². The van der Waals surface area contributed by atoms with Crippen LogP contribution < -0.4 is 5.32 Å². The van der Waals surface area contributed by atoms with E-state index in [9.17, 15) is 18.0 Å². The summed E-state index contributed by atoms with van der Waals surface area (Å²) in [6.07, 6.45) is -1.83. The zero-order chi connectivity index (χ0) is 18.9. The van der Waals surface area contributed by atoms with Crippen LogP contribution in [0.2, 0.25) is 0 Å². The van der Waals surface area contributed by atoms with E-state index in [4.69, 9.17) is 0 Å². The van der Waals surface area contributed by atoms with Crippen LogP contribution in [0, 0.1) is 13.8 Å². The van der Waals surface area contributed by atoms with Gasteiger partial charge < -0.3 is 5.32 Å². The molecule has 1 heterocycles. The second-order valence-electron chi connectivity index (χ2n) is 6.80. The van der Waals surface area contributed by atoms with Crippen molar-refractivity contribution in [3.63, 3.8) is 0 Å². The minimum atomic E-state index is -4.32. The summed E-state index contributed by atoms with van der Waals surface area (Å²) in [4.78, 5) is 11.9. The van der Waals surface area contributed by atoms with Crippen molar-refractivity contribution in [2.24, 2.45) is 0 Å². The number of benzene rings is 1. The van der Waals surface area contributed by atoms with Crippen LogP contribution in [0.1, 0.15) is 54.1 Å². The summed E-state index contributed by atoms with van der Waals surface area (Å²) >= 11 is 0. The first kappa shape index (κ1) is 18.5. The van der Waals surface area contributed by atoms with Gasteiger partial charge in [0.25, 0.3) is 0 Å². The zero-order valence-corrected chi connectivity index (χ0v) is 14.9. The number of nitrogens with one attached hydrogen (secondary N) is 1. The third-order valence-corrected chi connectivity index (χ3v) is 4.96. The average Bonchev–Trinajstić information content (AvgIpc) is 3.00. The first-order valence-electron chi connectivity index (χ1n) is 8.76. The first-order chi connectivity index (χ1) is 12.3. The topological polar surface area (TPSA) is 46.9 Å². The number of aryl methyl sites for hydroxylation is 1. The molecule has 1 N–H and O–H groups in total. The average molecular weight is 365 g/mol. The van der Waals surface area contributed by atoms with Gasteiger partial charge in [-0.25, -0.2) is 4.68 Å². The summed E-state index contributed by atoms with van der Waals surface area (Å²) in [6, 6.07) is 5.74. The largest absolute Gasteiger partial charge is 0.389 e. The third kappa shape index (κ3) is 3.92. The molecule has 0 fully saturated rings. The van der Waals surface area contributed by atoms with Crippen molar-refractivity contribution in [3.8, 4) is 5.69 Å². The number of rotatable bonds is 4. The molecule has 1 amide bonds. The molecule has 26 heavy (non-hydrogen) atoms. The van der Waals surface area contributed by atoms with Crippen LogP contribution in [0.25, 0.3) is 5.69 Å². The fourth-order valence-electron chi connectivity index (χ4n) is 3.40. The molecule has 0 bridgehead atoms. The predicted octanol–water partition coefficient (Wildman–Crippen LogP) is 4.33. The molecule has 0 aliphatic heterocycles. The molecule has 2 aromatic rings. The summed E-state index contributed by atoms with van der Waals surface area (Å²) in [5, 5.41) is 7.24. The Kier molecular flexibility index (Phi) is 5.07. The van der Waals surface area contributed by atoms with Crippen LogP contribution in [0.4, 0.5) is 13.2 Å². The molecule has 1 aromatic carbocycles. The van der Waals surface area contributed by atoms with Crippen LogP contribution >= 0.6 is 0 Å². The van der Waals surface area contributed by atoms with Crippen molar-refractivity contribution >= 4 is 5.91 Å². The van der Waals surface area contributed by atoms with Crippen molar-refractivity contribution in [2.75, 3.05) is 0 Å². The molecule has 0 saturated heterocycles. The Morgan fingerprint density at radius 3 is 2.85 bits per heavy atom. The van der Waals surface area contributed by atoms with E-state index in [2.05, 4.69) is 10.4 Å². The molecule has 3 rings (SSSR count). The number of amides is 1. The van der Waals surface area contributed by atoms with E-state index in [0.717, 1.165) is 35.3 Å². The monoisotopic (exact) mass is 365 g/mol. The number of carbonyl (C=O) groups is 1. The Bertz CT molecular complexity index is 811. The lowest BCUT2D eigenvalue weighted by molar-refractivity contribution is -0.144. The van der Waals surface area contributed by atoms with Crippen LogP contribution in [-0.4, -0.2) is 21.9 Å². The maximum atomic E-state index is 12.3. The smallest absolute Gasteiger partial charge is 0.349 e. The minimum Gasteiger partial charge on any atom is -0.349 e. The molecular weight excluding hydrogens is 343 g/mol. The van der Waals surface area contributed by atoms with E-state index >= 15 is 0 Å².